The highest BCUT2D eigenvalue weighted by Gasteiger charge is 2.15. The molecule has 13 heteroatoms. The van der Waals surface area contributed by atoms with Crippen molar-refractivity contribution >= 4 is 46.9 Å². The molecule has 2 aromatic carbocycles. The van der Waals surface area contributed by atoms with E-state index in [4.69, 9.17) is 26.8 Å². The zero-order valence-electron chi connectivity index (χ0n) is 23.4. The Morgan fingerprint density at radius 3 is 2.16 bits per heavy atom. The molecular weight excluding hydrogens is 598 g/mol. The van der Waals surface area contributed by atoms with Gasteiger partial charge in [-0.1, -0.05) is 41.9 Å². The third kappa shape index (κ3) is 10.9. The van der Waals surface area contributed by atoms with E-state index in [1.54, 1.807) is 31.2 Å². The van der Waals surface area contributed by atoms with Gasteiger partial charge in [-0.25, -0.2) is 18.7 Å². The van der Waals surface area contributed by atoms with Crippen LogP contribution in [0.25, 0.3) is 0 Å². The molecule has 0 radical (unpaired) electrons. The van der Waals surface area contributed by atoms with E-state index in [1.165, 1.54) is 54.9 Å². The van der Waals surface area contributed by atoms with Gasteiger partial charge in [0.1, 0.15) is 23.3 Å². The number of esters is 2. The van der Waals surface area contributed by atoms with Crippen LogP contribution in [0.4, 0.5) is 20.4 Å². The molecule has 10 nitrogen and oxygen atoms in total. The largest absolute Gasteiger partial charge is 0.457 e. The van der Waals surface area contributed by atoms with Gasteiger partial charge in [0.05, 0.1) is 23.4 Å². The van der Waals surface area contributed by atoms with Gasteiger partial charge in [0.2, 0.25) is 5.78 Å². The van der Waals surface area contributed by atoms with Gasteiger partial charge in [-0.05, 0) is 60.0 Å². The van der Waals surface area contributed by atoms with Crippen LogP contribution in [0.15, 0.2) is 79.1 Å². The van der Waals surface area contributed by atoms with Crippen molar-refractivity contribution in [3.05, 3.63) is 118 Å². The number of ether oxygens (including phenoxy) is 2. The number of carbonyl (C=O) groups is 4. The summed E-state index contributed by atoms with van der Waals surface area (Å²) >= 11 is 5.67. The number of rotatable bonds is 10. The monoisotopic (exact) mass is 624 g/mol. The van der Waals surface area contributed by atoms with Crippen molar-refractivity contribution in [1.82, 2.24) is 9.97 Å². The number of nitrogens with zero attached hydrogens (tertiary/aromatic N) is 2. The normalized spacial score (nSPS) is 10.2. The second kappa shape index (κ2) is 16.4. The number of nitrogens with one attached hydrogen (secondary N) is 1. The maximum Gasteiger partial charge on any atom is 0.310 e. The number of aryl methyl sites for hydroxylation is 1. The summed E-state index contributed by atoms with van der Waals surface area (Å²) in [6, 6.07) is 16.6. The average molecular weight is 625 g/mol. The third-order valence-electron chi connectivity index (χ3n) is 5.70. The zero-order chi connectivity index (χ0) is 32.1. The van der Waals surface area contributed by atoms with Crippen molar-refractivity contribution in [2.45, 2.75) is 19.8 Å². The minimum absolute atomic E-state index is 0.0770. The topological polar surface area (TPSA) is 151 Å². The average Bonchev–Trinajstić information content (AvgIpc) is 2.99. The molecular formula is C31H27ClF2N4O6. The third-order valence-corrected chi connectivity index (χ3v) is 5.92. The van der Waals surface area contributed by atoms with Crippen molar-refractivity contribution in [2.75, 3.05) is 24.3 Å². The van der Waals surface area contributed by atoms with Crippen LogP contribution in [-0.2, 0) is 36.7 Å². The van der Waals surface area contributed by atoms with Gasteiger partial charge in [0, 0.05) is 12.4 Å². The van der Waals surface area contributed by atoms with Crippen LogP contribution in [0, 0.1) is 18.6 Å². The van der Waals surface area contributed by atoms with Gasteiger partial charge in [-0.3, -0.25) is 19.2 Å². The number of carbonyl (C=O) groups excluding carboxylic acids is 4. The lowest BCUT2D eigenvalue weighted by Crippen LogP contribution is -2.22. The van der Waals surface area contributed by atoms with Crippen molar-refractivity contribution in [2.24, 2.45) is 0 Å². The number of amides is 1. The Balaban J connectivity index is 0.000000240. The molecule has 228 valence electrons. The Labute approximate surface area is 256 Å². The van der Waals surface area contributed by atoms with E-state index in [-0.39, 0.29) is 35.3 Å². The molecule has 2 heterocycles. The number of nitrogen functional groups attached to an aromatic ring is 1. The summed E-state index contributed by atoms with van der Waals surface area (Å²) in [6.07, 6.45) is 2.36. The van der Waals surface area contributed by atoms with Crippen molar-refractivity contribution in [3.8, 4) is 0 Å². The minimum atomic E-state index is -0.690. The number of ketones is 1. The summed E-state index contributed by atoms with van der Waals surface area (Å²) < 4.78 is 36.6. The van der Waals surface area contributed by atoms with E-state index in [0.717, 1.165) is 5.56 Å². The van der Waals surface area contributed by atoms with Crippen molar-refractivity contribution in [3.63, 3.8) is 0 Å². The summed E-state index contributed by atoms with van der Waals surface area (Å²) in [5, 5.41) is 2.88. The van der Waals surface area contributed by atoms with Crippen LogP contribution in [0.5, 0.6) is 0 Å². The van der Waals surface area contributed by atoms with E-state index >= 15 is 0 Å². The summed E-state index contributed by atoms with van der Waals surface area (Å²) in [5.74, 6) is -2.97. The van der Waals surface area contributed by atoms with Gasteiger partial charge in [-0.2, -0.15) is 0 Å². The van der Waals surface area contributed by atoms with Gasteiger partial charge < -0.3 is 20.5 Å². The lowest BCUT2D eigenvalue weighted by molar-refractivity contribution is -0.146. The van der Waals surface area contributed by atoms with Gasteiger partial charge in [-0.15, -0.1) is 0 Å². The number of nitrogens with two attached hydrogens (primary N) is 1. The second-order valence-corrected chi connectivity index (χ2v) is 9.57. The Hall–Kier alpha value is -5.23. The maximum atomic E-state index is 13.6. The lowest BCUT2D eigenvalue weighted by Gasteiger charge is -2.07. The van der Waals surface area contributed by atoms with E-state index < -0.39 is 48.5 Å². The molecule has 4 rings (SSSR count). The maximum absolute atomic E-state index is 13.6. The van der Waals surface area contributed by atoms with Gasteiger partial charge in [0.15, 0.2) is 13.2 Å². The molecule has 0 fully saturated rings. The summed E-state index contributed by atoms with van der Waals surface area (Å²) in [7, 11) is 0. The first kappa shape index (κ1) is 33.3. The molecule has 3 N–H and O–H groups in total. The highest BCUT2D eigenvalue weighted by atomic mass is 35.5. The number of anilines is 2. The summed E-state index contributed by atoms with van der Waals surface area (Å²) in [5.41, 5.74) is 6.96. The molecule has 0 aliphatic heterocycles. The number of aromatic nitrogens is 2. The quantitative estimate of drug-likeness (QED) is 0.189. The first-order chi connectivity index (χ1) is 21.0. The van der Waals surface area contributed by atoms with Crippen LogP contribution in [-0.4, -0.2) is 46.8 Å². The number of benzene rings is 2. The first-order valence-electron chi connectivity index (χ1n) is 13.0. The molecule has 0 unspecified atom stereocenters. The molecule has 0 aliphatic rings. The van der Waals surface area contributed by atoms with Gasteiger partial charge >= 0.3 is 11.9 Å². The van der Waals surface area contributed by atoms with E-state index in [1.807, 2.05) is 0 Å². The molecule has 0 saturated carbocycles. The highest BCUT2D eigenvalue weighted by Crippen LogP contribution is 2.13. The fourth-order valence-electron chi connectivity index (χ4n) is 3.50. The lowest BCUT2D eigenvalue weighted by atomic mass is 10.1. The number of hydrogen-bond donors (Lipinski definition) is 2. The first-order valence-corrected chi connectivity index (χ1v) is 13.3. The van der Waals surface area contributed by atoms with Crippen LogP contribution >= 0.6 is 11.6 Å². The van der Waals surface area contributed by atoms with Gasteiger partial charge in [0.25, 0.3) is 5.91 Å². The molecule has 1 amide bonds. The molecule has 0 bridgehead atoms. The summed E-state index contributed by atoms with van der Waals surface area (Å²) in [6.45, 7) is 0.821. The fraction of sp³-hybridized carbons (Fsp3) is 0.161. The van der Waals surface area contributed by atoms with Crippen LogP contribution in [0.3, 0.4) is 0 Å². The Bertz CT molecular complexity index is 1640. The predicted octanol–water partition coefficient (Wildman–Crippen LogP) is 4.68. The number of hydrogen-bond acceptors (Lipinski definition) is 9. The second-order valence-electron chi connectivity index (χ2n) is 9.13. The molecule has 0 aliphatic carbocycles. The van der Waals surface area contributed by atoms with Crippen molar-refractivity contribution < 1.29 is 37.4 Å². The molecule has 0 atom stereocenters. The fourth-order valence-corrected chi connectivity index (χ4v) is 3.61. The number of halogens is 3. The van der Waals surface area contributed by atoms with Crippen LogP contribution < -0.4 is 11.1 Å². The molecule has 0 spiro atoms. The van der Waals surface area contributed by atoms with Crippen LogP contribution in [0.2, 0.25) is 5.02 Å². The molecule has 2 aromatic heterocycles. The zero-order valence-corrected chi connectivity index (χ0v) is 24.1. The SMILES string of the molecule is Cc1ccc(CC(=O)OCC(=O)c2cccnc2N)c(F)c1.O=C(COC(=O)Cc1ccccc1F)Nc1ccc(Cl)cn1. The Kier molecular flexibility index (Phi) is 12.4. The molecule has 44 heavy (non-hydrogen) atoms. The highest BCUT2D eigenvalue weighted by molar-refractivity contribution is 6.30. The standard InChI is InChI=1S/C16H15FN2O3.C15H12ClFN2O3/c1-10-4-5-11(13(17)7-10)8-15(21)22-9-14(20)12-3-2-6-19-16(12)18;16-11-5-6-13(18-8-11)19-14(20)9-22-15(21)7-10-3-1-2-4-12(10)17/h2-7H,8-9H2,1H3,(H2,18,19);1-6,8H,7,9H2,(H,18,19,20). The van der Waals surface area contributed by atoms with Crippen LogP contribution in [0.1, 0.15) is 27.0 Å². The molecule has 0 saturated heterocycles. The Morgan fingerprint density at radius 2 is 1.52 bits per heavy atom. The smallest absolute Gasteiger partial charge is 0.310 e. The minimum Gasteiger partial charge on any atom is -0.457 e. The predicted molar refractivity (Wildman–Crippen MR) is 158 cm³/mol. The number of pyridine rings is 2. The number of Topliss-reactive ketones (excluding diaryl/α,β-unsaturated/α-hetero) is 1. The van der Waals surface area contributed by atoms with E-state index in [0.29, 0.717) is 10.8 Å². The van der Waals surface area contributed by atoms with E-state index in [2.05, 4.69) is 15.3 Å². The molecule has 4 aromatic rings. The summed E-state index contributed by atoms with van der Waals surface area (Å²) in [4.78, 5) is 54.3. The van der Waals surface area contributed by atoms with E-state index in [9.17, 15) is 28.0 Å². The van der Waals surface area contributed by atoms with Crippen molar-refractivity contribution in [1.29, 1.82) is 0 Å². The Morgan fingerprint density at radius 1 is 0.841 bits per heavy atom.